The van der Waals surface area contributed by atoms with Gasteiger partial charge in [-0.3, -0.25) is 4.79 Å². The summed E-state index contributed by atoms with van der Waals surface area (Å²) >= 11 is 4.63. The van der Waals surface area contributed by atoms with Crippen molar-refractivity contribution in [1.29, 1.82) is 0 Å². The number of aromatic amines is 1. The monoisotopic (exact) mass is 365 g/mol. The van der Waals surface area contributed by atoms with E-state index in [1.807, 2.05) is 6.07 Å². The SMILES string of the molecule is O=C(CSc1nc2ncc(Br)cc2[nH]1)c1ccc(F)cc1. The third-order valence-electron chi connectivity index (χ3n) is 2.79. The van der Waals surface area contributed by atoms with E-state index >= 15 is 0 Å². The van der Waals surface area contributed by atoms with Crippen molar-refractivity contribution in [3.05, 3.63) is 52.4 Å². The first-order chi connectivity index (χ1) is 10.1. The van der Waals surface area contributed by atoms with Gasteiger partial charge in [-0.1, -0.05) is 11.8 Å². The van der Waals surface area contributed by atoms with Gasteiger partial charge in [0.05, 0.1) is 11.3 Å². The van der Waals surface area contributed by atoms with Crippen LogP contribution in [0.5, 0.6) is 0 Å². The van der Waals surface area contributed by atoms with Crippen molar-refractivity contribution in [3.8, 4) is 0 Å². The number of imidazole rings is 1. The highest BCUT2D eigenvalue weighted by Crippen LogP contribution is 2.21. The number of fused-ring (bicyclic) bond motifs is 1. The van der Waals surface area contributed by atoms with E-state index in [0.29, 0.717) is 16.4 Å². The fraction of sp³-hybridized carbons (Fsp3) is 0.0714. The number of halogens is 2. The maximum atomic E-state index is 12.8. The van der Waals surface area contributed by atoms with E-state index in [2.05, 4.69) is 30.9 Å². The lowest BCUT2D eigenvalue weighted by Crippen LogP contribution is -2.02. The van der Waals surface area contributed by atoms with Crippen molar-refractivity contribution < 1.29 is 9.18 Å². The van der Waals surface area contributed by atoms with Crippen LogP contribution in [0.1, 0.15) is 10.4 Å². The Balaban J connectivity index is 1.71. The van der Waals surface area contributed by atoms with Crippen LogP contribution in [-0.2, 0) is 0 Å². The molecule has 0 atom stereocenters. The van der Waals surface area contributed by atoms with E-state index in [-0.39, 0.29) is 17.4 Å². The van der Waals surface area contributed by atoms with Crippen molar-refractivity contribution in [2.24, 2.45) is 0 Å². The fourth-order valence-corrected chi connectivity index (χ4v) is 2.87. The molecule has 2 aromatic heterocycles. The second-order valence-electron chi connectivity index (χ2n) is 4.29. The van der Waals surface area contributed by atoms with Gasteiger partial charge in [-0.2, -0.15) is 0 Å². The summed E-state index contributed by atoms with van der Waals surface area (Å²) in [5.74, 6) is -0.199. The number of H-pyrrole nitrogens is 1. The van der Waals surface area contributed by atoms with E-state index in [4.69, 9.17) is 0 Å². The highest BCUT2D eigenvalue weighted by molar-refractivity contribution is 9.10. The summed E-state index contributed by atoms with van der Waals surface area (Å²) in [7, 11) is 0. The van der Waals surface area contributed by atoms with Crippen LogP contribution in [0.4, 0.5) is 4.39 Å². The number of Topliss-reactive ketones (excluding diaryl/α,β-unsaturated/α-hetero) is 1. The predicted molar refractivity (Wildman–Crippen MR) is 83.0 cm³/mol. The number of carbonyl (C=O) groups excluding carboxylic acids is 1. The lowest BCUT2D eigenvalue weighted by Gasteiger charge is -1.99. The van der Waals surface area contributed by atoms with E-state index < -0.39 is 0 Å². The van der Waals surface area contributed by atoms with E-state index in [9.17, 15) is 9.18 Å². The molecule has 0 radical (unpaired) electrons. The molecule has 7 heteroatoms. The molecule has 0 unspecified atom stereocenters. The Labute approximate surface area is 132 Å². The molecule has 3 rings (SSSR count). The predicted octanol–water partition coefficient (Wildman–Crippen LogP) is 3.83. The van der Waals surface area contributed by atoms with Crippen molar-refractivity contribution in [1.82, 2.24) is 15.0 Å². The molecule has 4 nitrogen and oxygen atoms in total. The summed E-state index contributed by atoms with van der Waals surface area (Å²) in [6, 6.07) is 7.40. The number of ketones is 1. The number of aromatic nitrogens is 3. The Hall–Kier alpha value is -1.73. The zero-order valence-corrected chi connectivity index (χ0v) is 13.0. The summed E-state index contributed by atoms with van der Waals surface area (Å²) in [6.45, 7) is 0. The number of hydrogen-bond acceptors (Lipinski definition) is 4. The van der Waals surface area contributed by atoms with Crippen LogP contribution >= 0.6 is 27.7 Å². The van der Waals surface area contributed by atoms with Gasteiger partial charge >= 0.3 is 0 Å². The Morgan fingerprint density at radius 1 is 1.33 bits per heavy atom. The normalized spacial score (nSPS) is 11.0. The van der Waals surface area contributed by atoms with E-state index in [0.717, 1.165) is 9.99 Å². The number of pyridine rings is 1. The Morgan fingerprint density at radius 2 is 2.10 bits per heavy atom. The first-order valence-electron chi connectivity index (χ1n) is 6.04. The molecular formula is C14H9BrFN3OS. The summed E-state index contributed by atoms with van der Waals surface area (Å²) in [5.41, 5.74) is 1.90. The standard InChI is InChI=1S/C14H9BrFN3OS/c15-9-5-11-13(17-6-9)19-14(18-11)21-7-12(20)8-1-3-10(16)4-2-8/h1-6H,7H2,(H,17,18,19). The molecule has 106 valence electrons. The summed E-state index contributed by atoms with van der Waals surface area (Å²) in [4.78, 5) is 23.6. The smallest absolute Gasteiger partial charge is 0.178 e. The maximum Gasteiger partial charge on any atom is 0.178 e. The van der Waals surface area contributed by atoms with Gasteiger partial charge in [-0.05, 0) is 46.3 Å². The Morgan fingerprint density at radius 3 is 2.86 bits per heavy atom. The number of rotatable bonds is 4. The molecule has 0 saturated heterocycles. The fourth-order valence-electron chi connectivity index (χ4n) is 1.77. The number of nitrogens with one attached hydrogen (secondary N) is 1. The van der Waals surface area contributed by atoms with Crippen LogP contribution in [0.3, 0.4) is 0 Å². The minimum atomic E-state index is -0.354. The zero-order valence-electron chi connectivity index (χ0n) is 10.6. The third kappa shape index (κ3) is 3.30. The Bertz CT molecular complexity index is 804. The van der Waals surface area contributed by atoms with Crippen LogP contribution in [0.15, 0.2) is 46.2 Å². The second-order valence-corrected chi connectivity index (χ2v) is 6.17. The molecule has 1 aromatic carbocycles. The van der Waals surface area contributed by atoms with Gasteiger partial charge in [0.1, 0.15) is 5.82 Å². The summed E-state index contributed by atoms with van der Waals surface area (Å²) in [5, 5.41) is 0.631. The molecule has 21 heavy (non-hydrogen) atoms. The molecule has 0 fully saturated rings. The van der Waals surface area contributed by atoms with Crippen LogP contribution in [0.2, 0.25) is 0 Å². The molecule has 0 aliphatic carbocycles. The van der Waals surface area contributed by atoms with Crippen LogP contribution in [-0.4, -0.2) is 26.5 Å². The molecule has 0 spiro atoms. The number of nitrogens with zero attached hydrogens (tertiary/aromatic N) is 2. The average molecular weight is 366 g/mol. The largest absolute Gasteiger partial charge is 0.331 e. The minimum Gasteiger partial charge on any atom is -0.331 e. The quantitative estimate of drug-likeness (QED) is 0.563. The number of thioether (sulfide) groups is 1. The minimum absolute atomic E-state index is 0.0744. The van der Waals surface area contributed by atoms with Gasteiger partial charge in [0.2, 0.25) is 0 Å². The van der Waals surface area contributed by atoms with E-state index in [1.54, 1.807) is 6.20 Å². The highest BCUT2D eigenvalue weighted by Gasteiger charge is 2.10. The molecule has 0 aliphatic rings. The lowest BCUT2D eigenvalue weighted by atomic mass is 10.1. The molecule has 1 N–H and O–H groups in total. The first kappa shape index (κ1) is 14.2. The number of hydrogen-bond donors (Lipinski definition) is 1. The van der Waals surface area contributed by atoms with Gasteiger partial charge in [-0.25, -0.2) is 14.4 Å². The van der Waals surface area contributed by atoms with Crippen LogP contribution < -0.4 is 0 Å². The summed E-state index contributed by atoms with van der Waals surface area (Å²) in [6.07, 6.45) is 1.67. The van der Waals surface area contributed by atoms with Crippen molar-refractivity contribution in [3.63, 3.8) is 0 Å². The maximum absolute atomic E-state index is 12.8. The molecular weight excluding hydrogens is 357 g/mol. The molecule has 0 bridgehead atoms. The van der Waals surface area contributed by atoms with Gasteiger partial charge < -0.3 is 4.98 Å². The highest BCUT2D eigenvalue weighted by atomic mass is 79.9. The van der Waals surface area contributed by atoms with E-state index in [1.165, 1.54) is 36.0 Å². The average Bonchev–Trinajstić information content (AvgIpc) is 2.87. The Kier molecular flexibility index (Phi) is 4.03. The summed E-state index contributed by atoms with van der Waals surface area (Å²) < 4.78 is 13.7. The third-order valence-corrected chi connectivity index (χ3v) is 4.10. The van der Waals surface area contributed by atoms with Gasteiger partial charge in [-0.15, -0.1) is 0 Å². The zero-order chi connectivity index (χ0) is 14.8. The van der Waals surface area contributed by atoms with Crippen molar-refractivity contribution >= 4 is 44.6 Å². The topological polar surface area (TPSA) is 58.6 Å². The number of carbonyl (C=O) groups is 1. The second kappa shape index (κ2) is 5.95. The molecule has 2 heterocycles. The van der Waals surface area contributed by atoms with Crippen LogP contribution in [0, 0.1) is 5.82 Å². The van der Waals surface area contributed by atoms with Crippen LogP contribution in [0.25, 0.3) is 11.2 Å². The molecule has 0 amide bonds. The van der Waals surface area contributed by atoms with Gasteiger partial charge in [0.25, 0.3) is 0 Å². The molecule has 3 aromatic rings. The molecule has 0 aliphatic heterocycles. The first-order valence-corrected chi connectivity index (χ1v) is 7.82. The van der Waals surface area contributed by atoms with Gasteiger partial charge in [0.15, 0.2) is 16.6 Å². The lowest BCUT2D eigenvalue weighted by molar-refractivity contribution is 0.102. The number of benzene rings is 1. The molecule has 0 saturated carbocycles. The van der Waals surface area contributed by atoms with Gasteiger partial charge in [0, 0.05) is 16.2 Å². The van der Waals surface area contributed by atoms with Crippen molar-refractivity contribution in [2.45, 2.75) is 5.16 Å². The van der Waals surface area contributed by atoms with Crippen molar-refractivity contribution in [2.75, 3.05) is 5.75 Å².